The summed E-state index contributed by atoms with van der Waals surface area (Å²) in [6.07, 6.45) is 6.23. The van der Waals surface area contributed by atoms with Gasteiger partial charge >= 0.3 is 0 Å². The number of hydrogen-bond acceptors (Lipinski definition) is 2. The molecule has 17 heavy (non-hydrogen) atoms. The molecule has 0 radical (unpaired) electrons. The zero-order valence-corrected chi connectivity index (χ0v) is 11.3. The van der Waals surface area contributed by atoms with Crippen LogP contribution in [-0.2, 0) is 13.0 Å². The normalized spacial score (nSPS) is 22.6. The first-order chi connectivity index (χ1) is 8.15. The molecule has 0 amide bonds. The molecule has 0 aromatic carbocycles. The number of aryl methyl sites for hydroxylation is 2. The molecule has 1 aromatic heterocycles. The molecule has 0 bridgehead atoms. The van der Waals surface area contributed by atoms with Crippen molar-refractivity contribution in [1.29, 1.82) is 0 Å². The second-order valence-corrected chi connectivity index (χ2v) is 5.00. The van der Waals surface area contributed by atoms with E-state index in [1.54, 1.807) is 0 Å². The second-order valence-electron chi connectivity index (χ2n) is 4.62. The van der Waals surface area contributed by atoms with Crippen LogP contribution in [0.25, 0.3) is 6.08 Å². The lowest BCUT2D eigenvalue weighted by molar-refractivity contribution is 0.642. The molecule has 2 rings (SSSR count). The van der Waals surface area contributed by atoms with Gasteiger partial charge in [-0.2, -0.15) is 5.10 Å². The van der Waals surface area contributed by atoms with Crippen LogP contribution in [0.5, 0.6) is 0 Å². The second kappa shape index (κ2) is 5.23. The minimum absolute atomic E-state index is 0.323. The maximum atomic E-state index is 6.36. The molecule has 1 aliphatic rings. The zero-order chi connectivity index (χ0) is 12.4. The third kappa shape index (κ3) is 2.55. The van der Waals surface area contributed by atoms with Gasteiger partial charge in [-0.25, -0.2) is 0 Å². The Morgan fingerprint density at radius 3 is 2.82 bits per heavy atom. The summed E-state index contributed by atoms with van der Waals surface area (Å²) >= 11 is 6.36. The van der Waals surface area contributed by atoms with Gasteiger partial charge in [0.1, 0.15) is 0 Å². The van der Waals surface area contributed by atoms with Crippen molar-refractivity contribution in [2.75, 3.05) is 0 Å². The Hall–Kier alpha value is -0.800. The monoisotopic (exact) mass is 253 g/mol. The fourth-order valence-corrected chi connectivity index (χ4v) is 2.67. The summed E-state index contributed by atoms with van der Waals surface area (Å²) in [4.78, 5) is 0. The molecule has 94 valence electrons. The summed E-state index contributed by atoms with van der Waals surface area (Å²) in [6.45, 7) is 5.02. The van der Waals surface area contributed by atoms with Crippen LogP contribution < -0.4 is 5.73 Å². The molecule has 0 saturated heterocycles. The minimum atomic E-state index is 0.323. The van der Waals surface area contributed by atoms with Gasteiger partial charge in [-0.15, -0.1) is 0 Å². The largest absolute Gasteiger partial charge is 0.327 e. The van der Waals surface area contributed by atoms with Crippen molar-refractivity contribution < 1.29 is 0 Å². The Morgan fingerprint density at radius 1 is 1.53 bits per heavy atom. The molecular weight excluding hydrogens is 234 g/mol. The van der Waals surface area contributed by atoms with Crippen LogP contribution in [0, 0.1) is 0 Å². The summed E-state index contributed by atoms with van der Waals surface area (Å²) in [5.41, 5.74) is 9.36. The van der Waals surface area contributed by atoms with E-state index < -0.39 is 0 Å². The van der Waals surface area contributed by atoms with Gasteiger partial charge < -0.3 is 5.73 Å². The van der Waals surface area contributed by atoms with E-state index in [-0.39, 0.29) is 0 Å². The van der Waals surface area contributed by atoms with E-state index in [4.69, 9.17) is 17.3 Å². The van der Waals surface area contributed by atoms with Crippen molar-refractivity contribution >= 4 is 17.7 Å². The van der Waals surface area contributed by atoms with Crippen LogP contribution in [0.4, 0.5) is 0 Å². The zero-order valence-electron chi connectivity index (χ0n) is 10.5. The van der Waals surface area contributed by atoms with Gasteiger partial charge in [0.25, 0.3) is 0 Å². The van der Waals surface area contributed by atoms with Gasteiger partial charge in [0.2, 0.25) is 0 Å². The Morgan fingerprint density at radius 2 is 2.29 bits per heavy atom. The Balaban J connectivity index is 2.34. The highest BCUT2D eigenvalue weighted by atomic mass is 35.5. The average Bonchev–Trinajstić information content (AvgIpc) is 2.85. The smallest absolute Gasteiger partial charge is 0.0891 e. The van der Waals surface area contributed by atoms with E-state index >= 15 is 0 Å². The lowest BCUT2D eigenvalue weighted by Gasteiger charge is -2.02. The van der Waals surface area contributed by atoms with Gasteiger partial charge in [-0.1, -0.05) is 24.1 Å². The van der Waals surface area contributed by atoms with E-state index in [2.05, 4.69) is 25.0 Å². The molecule has 0 aliphatic heterocycles. The lowest BCUT2D eigenvalue weighted by Crippen LogP contribution is -2.13. The third-order valence-corrected chi connectivity index (χ3v) is 3.75. The molecule has 1 atom stereocenters. The SMILES string of the molecule is CCc1nn(CC)c(C=C2CCC(N)C2)c1Cl. The fourth-order valence-electron chi connectivity index (χ4n) is 2.35. The fraction of sp³-hybridized carbons (Fsp3) is 0.615. The summed E-state index contributed by atoms with van der Waals surface area (Å²) < 4.78 is 1.98. The standard InChI is InChI=1S/C13H20ClN3/c1-3-11-13(14)12(17(4-2)16-11)8-9-5-6-10(15)7-9/h8,10H,3-7,15H2,1-2H3. The summed E-state index contributed by atoms with van der Waals surface area (Å²) in [6, 6.07) is 0.323. The number of halogens is 1. The van der Waals surface area contributed by atoms with Crippen molar-refractivity contribution in [2.24, 2.45) is 5.73 Å². The van der Waals surface area contributed by atoms with Gasteiger partial charge in [0.05, 0.1) is 16.4 Å². The topological polar surface area (TPSA) is 43.8 Å². The Kier molecular flexibility index (Phi) is 3.89. The van der Waals surface area contributed by atoms with Crippen LogP contribution in [-0.4, -0.2) is 15.8 Å². The van der Waals surface area contributed by atoms with Gasteiger partial charge in [-0.3, -0.25) is 4.68 Å². The number of nitrogens with zero attached hydrogens (tertiary/aromatic N) is 2. The maximum absolute atomic E-state index is 6.36. The predicted molar refractivity (Wildman–Crippen MR) is 72.1 cm³/mol. The molecule has 1 unspecified atom stereocenters. The number of nitrogens with two attached hydrogens (primary N) is 1. The van der Waals surface area contributed by atoms with Crippen LogP contribution in [0.3, 0.4) is 0 Å². The number of hydrogen-bond donors (Lipinski definition) is 1. The van der Waals surface area contributed by atoms with E-state index in [0.29, 0.717) is 6.04 Å². The molecule has 0 spiro atoms. The molecule has 3 nitrogen and oxygen atoms in total. The van der Waals surface area contributed by atoms with E-state index in [0.717, 1.165) is 48.6 Å². The highest BCUT2D eigenvalue weighted by Crippen LogP contribution is 2.29. The van der Waals surface area contributed by atoms with Crippen LogP contribution in [0.2, 0.25) is 5.02 Å². The van der Waals surface area contributed by atoms with Crippen LogP contribution in [0.15, 0.2) is 5.57 Å². The van der Waals surface area contributed by atoms with Gasteiger partial charge in [-0.05, 0) is 38.7 Å². The highest BCUT2D eigenvalue weighted by Gasteiger charge is 2.18. The molecular formula is C13H20ClN3. The molecule has 1 aliphatic carbocycles. The molecule has 1 aromatic rings. The summed E-state index contributed by atoms with van der Waals surface area (Å²) in [5.74, 6) is 0. The average molecular weight is 254 g/mol. The first kappa shape index (κ1) is 12.7. The van der Waals surface area contributed by atoms with Crippen molar-refractivity contribution in [3.8, 4) is 0 Å². The number of rotatable bonds is 3. The van der Waals surface area contributed by atoms with E-state index in [1.165, 1.54) is 5.57 Å². The summed E-state index contributed by atoms with van der Waals surface area (Å²) in [5, 5.41) is 5.32. The third-order valence-electron chi connectivity index (χ3n) is 3.33. The van der Waals surface area contributed by atoms with Crippen molar-refractivity contribution in [3.63, 3.8) is 0 Å². The van der Waals surface area contributed by atoms with Gasteiger partial charge in [0, 0.05) is 12.6 Å². The van der Waals surface area contributed by atoms with E-state index in [9.17, 15) is 0 Å². The van der Waals surface area contributed by atoms with E-state index in [1.807, 2.05) is 4.68 Å². The maximum Gasteiger partial charge on any atom is 0.0891 e. The first-order valence-corrected chi connectivity index (χ1v) is 6.73. The predicted octanol–water partition coefficient (Wildman–Crippen LogP) is 3.01. The lowest BCUT2D eigenvalue weighted by atomic mass is 10.1. The first-order valence-electron chi connectivity index (χ1n) is 6.35. The highest BCUT2D eigenvalue weighted by molar-refractivity contribution is 6.32. The summed E-state index contributed by atoms with van der Waals surface area (Å²) in [7, 11) is 0. The molecule has 1 heterocycles. The Labute approximate surface area is 108 Å². The minimum Gasteiger partial charge on any atom is -0.327 e. The van der Waals surface area contributed by atoms with Crippen LogP contribution in [0.1, 0.15) is 44.5 Å². The van der Waals surface area contributed by atoms with Crippen molar-refractivity contribution in [3.05, 3.63) is 22.0 Å². The van der Waals surface area contributed by atoms with Gasteiger partial charge in [0.15, 0.2) is 0 Å². The van der Waals surface area contributed by atoms with Crippen molar-refractivity contribution in [1.82, 2.24) is 9.78 Å². The molecule has 2 N–H and O–H groups in total. The quantitative estimate of drug-likeness (QED) is 0.900. The molecule has 4 heteroatoms. The molecule has 1 saturated carbocycles. The number of aromatic nitrogens is 2. The Bertz CT molecular complexity index is 434. The van der Waals surface area contributed by atoms with Crippen molar-refractivity contribution in [2.45, 2.75) is 52.1 Å². The van der Waals surface area contributed by atoms with Crippen LogP contribution >= 0.6 is 11.6 Å². The molecule has 1 fully saturated rings.